The number of carbonyl (C=O) groups excluding carboxylic acids is 2. The van der Waals surface area contributed by atoms with Crippen molar-refractivity contribution in [3.8, 4) is 0 Å². The quantitative estimate of drug-likeness (QED) is 0.896. The Kier molecular flexibility index (Phi) is 6.06. The molecule has 6 nitrogen and oxygen atoms in total. The highest BCUT2D eigenvalue weighted by Gasteiger charge is 2.29. The number of hydrogen-bond donors (Lipinski definition) is 1. The van der Waals surface area contributed by atoms with Gasteiger partial charge in [0, 0.05) is 26.1 Å². The van der Waals surface area contributed by atoms with Crippen LogP contribution < -0.4 is 0 Å². The molecule has 0 unspecified atom stereocenters. The number of hydrogen-bond acceptors (Lipinski definition) is 3. The van der Waals surface area contributed by atoms with Crippen molar-refractivity contribution in [3.05, 3.63) is 35.4 Å². The minimum Gasteiger partial charge on any atom is -0.480 e. The van der Waals surface area contributed by atoms with E-state index >= 15 is 0 Å². The number of benzene rings is 1. The summed E-state index contributed by atoms with van der Waals surface area (Å²) in [6, 6.07) is 3.15. The highest BCUT2D eigenvalue weighted by atomic mass is 19.2. The molecule has 1 N–H and O–H groups in total. The first-order valence-electron chi connectivity index (χ1n) is 8.03. The van der Waals surface area contributed by atoms with Gasteiger partial charge in [-0.1, -0.05) is 6.07 Å². The monoisotopic (exact) mass is 354 g/mol. The molecule has 25 heavy (non-hydrogen) atoms. The van der Waals surface area contributed by atoms with Gasteiger partial charge in [-0.2, -0.15) is 0 Å². The maximum Gasteiger partial charge on any atom is 0.323 e. The lowest BCUT2D eigenvalue weighted by Crippen LogP contribution is -2.43. The van der Waals surface area contributed by atoms with Crippen LogP contribution in [-0.2, 0) is 9.59 Å². The van der Waals surface area contributed by atoms with Gasteiger partial charge in [0.05, 0.1) is 5.56 Å². The highest BCUT2D eigenvalue weighted by molar-refractivity contribution is 5.94. The molecule has 1 aliphatic heterocycles. The Hall–Kier alpha value is -2.51. The summed E-state index contributed by atoms with van der Waals surface area (Å²) in [5.41, 5.74) is -0.326. The molecular formula is C17H20F2N2O4. The molecule has 1 aromatic rings. The number of rotatable bonds is 4. The third-order valence-electron chi connectivity index (χ3n) is 4.32. The highest BCUT2D eigenvalue weighted by Crippen LogP contribution is 2.20. The maximum atomic E-state index is 13.8. The molecule has 1 aliphatic rings. The van der Waals surface area contributed by atoms with E-state index in [9.17, 15) is 23.2 Å². The van der Waals surface area contributed by atoms with Crippen molar-refractivity contribution in [2.45, 2.75) is 32.2 Å². The van der Waals surface area contributed by atoms with Gasteiger partial charge in [-0.3, -0.25) is 14.4 Å². The van der Waals surface area contributed by atoms with Crippen molar-refractivity contribution < 1.29 is 28.3 Å². The molecule has 1 aromatic carbocycles. The number of aliphatic carboxylic acids is 1. The topological polar surface area (TPSA) is 77.9 Å². The molecule has 2 rings (SSSR count). The number of carboxylic acids is 1. The summed E-state index contributed by atoms with van der Waals surface area (Å²) in [5.74, 6) is -4.31. The Balaban J connectivity index is 2.10. The molecule has 1 fully saturated rings. The maximum absolute atomic E-state index is 13.8. The fourth-order valence-corrected chi connectivity index (χ4v) is 3.08. The van der Waals surface area contributed by atoms with E-state index < -0.39 is 30.1 Å². The predicted molar refractivity (Wildman–Crippen MR) is 84.9 cm³/mol. The van der Waals surface area contributed by atoms with E-state index in [4.69, 9.17) is 5.11 Å². The number of nitrogens with zero attached hydrogens (tertiary/aromatic N) is 2. The first kappa shape index (κ1) is 18.8. The van der Waals surface area contributed by atoms with Crippen LogP contribution in [0.25, 0.3) is 0 Å². The minimum absolute atomic E-state index is 0.239. The summed E-state index contributed by atoms with van der Waals surface area (Å²) in [6.07, 6.45) is 1.47. The molecule has 2 amide bonds. The Morgan fingerprint density at radius 1 is 1.24 bits per heavy atom. The zero-order valence-corrected chi connectivity index (χ0v) is 13.9. The minimum atomic E-state index is -1.18. The second kappa shape index (κ2) is 8.04. The summed E-state index contributed by atoms with van der Waals surface area (Å²) in [5, 5.41) is 8.94. The van der Waals surface area contributed by atoms with Crippen LogP contribution in [0.15, 0.2) is 18.2 Å². The van der Waals surface area contributed by atoms with E-state index in [0.29, 0.717) is 25.8 Å². The van der Waals surface area contributed by atoms with Crippen LogP contribution in [0.4, 0.5) is 8.78 Å². The lowest BCUT2D eigenvalue weighted by molar-refractivity contribution is -0.145. The molecule has 0 aliphatic carbocycles. The normalized spacial score (nSPS) is 17.7. The fraction of sp³-hybridized carbons (Fsp3) is 0.471. The zero-order chi connectivity index (χ0) is 18.6. The summed E-state index contributed by atoms with van der Waals surface area (Å²) in [6.45, 7) is 1.48. The van der Waals surface area contributed by atoms with Crippen molar-refractivity contribution in [3.63, 3.8) is 0 Å². The van der Waals surface area contributed by atoms with Crippen LogP contribution in [-0.4, -0.2) is 58.4 Å². The summed E-state index contributed by atoms with van der Waals surface area (Å²) < 4.78 is 27.1. The first-order chi connectivity index (χ1) is 11.8. The third-order valence-corrected chi connectivity index (χ3v) is 4.32. The van der Waals surface area contributed by atoms with E-state index in [-0.39, 0.29) is 24.1 Å². The largest absolute Gasteiger partial charge is 0.480 e. The van der Waals surface area contributed by atoms with Crippen molar-refractivity contribution >= 4 is 17.8 Å². The van der Waals surface area contributed by atoms with Gasteiger partial charge in [-0.15, -0.1) is 0 Å². The lowest BCUT2D eigenvalue weighted by Gasteiger charge is -2.28. The second-order valence-electron chi connectivity index (χ2n) is 6.02. The molecule has 0 aromatic heterocycles. The van der Waals surface area contributed by atoms with Gasteiger partial charge in [0.2, 0.25) is 5.91 Å². The van der Waals surface area contributed by atoms with Crippen LogP contribution in [0, 0.1) is 11.6 Å². The molecular weight excluding hydrogens is 334 g/mol. The molecule has 0 saturated carbocycles. The molecule has 136 valence electrons. The number of likely N-dealkylation sites (tertiary alicyclic amines) is 1. The number of halogens is 2. The third kappa shape index (κ3) is 4.52. The average Bonchev–Trinajstić information content (AvgIpc) is 2.80. The molecule has 1 saturated heterocycles. The van der Waals surface area contributed by atoms with Gasteiger partial charge in [0.1, 0.15) is 6.54 Å². The lowest BCUT2D eigenvalue weighted by atomic mass is 10.1. The van der Waals surface area contributed by atoms with Crippen LogP contribution >= 0.6 is 0 Å². The zero-order valence-electron chi connectivity index (χ0n) is 13.9. The standard InChI is InChI=1S/C17H20F2N2O4/c1-11(22)21(10-15(23)24)12-4-3-8-20(9-7-12)17(25)13-5-2-6-14(18)16(13)19/h2,5-6,12H,3-4,7-10H2,1H3,(H,23,24)/t12-/m1/s1. The van der Waals surface area contributed by atoms with Crippen molar-refractivity contribution in [1.82, 2.24) is 9.80 Å². The van der Waals surface area contributed by atoms with Gasteiger partial charge >= 0.3 is 5.97 Å². The number of amides is 2. The van der Waals surface area contributed by atoms with Gasteiger partial charge < -0.3 is 14.9 Å². The van der Waals surface area contributed by atoms with E-state index in [1.165, 1.54) is 28.9 Å². The van der Waals surface area contributed by atoms with Crippen LogP contribution in [0.1, 0.15) is 36.5 Å². The molecule has 1 atom stereocenters. The second-order valence-corrected chi connectivity index (χ2v) is 6.02. The predicted octanol–water partition coefficient (Wildman–Crippen LogP) is 1.89. The Morgan fingerprint density at radius 3 is 2.60 bits per heavy atom. The molecule has 1 heterocycles. The first-order valence-corrected chi connectivity index (χ1v) is 8.03. The molecule has 0 spiro atoms. The Labute approximate surface area is 144 Å². The van der Waals surface area contributed by atoms with Crippen LogP contribution in [0.5, 0.6) is 0 Å². The van der Waals surface area contributed by atoms with Crippen molar-refractivity contribution in [1.29, 1.82) is 0 Å². The molecule has 0 radical (unpaired) electrons. The number of carbonyl (C=O) groups is 3. The summed E-state index contributed by atoms with van der Waals surface area (Å²) >= 11 is 0. The van der Waals surface area contributed by atoms with Gasteiger partial charge in [-0.05, 0) is 31.4 Å². The SMILES string of the molecule is CC(=O)N(CC(=O)O)[C@@H]1CCCN(C(=O)c2cccc(F)c2F)CC1. The number of carboxylic acid groups (broad SMARTS) is 1. The van der Waals surface area contributed by atoms with Gasteiger partial charge in [-0.25, -0.2) is 8.78 Å². The smallest absolute Gasteiger partial charge is 0.323 e. The summed E-state index contributed by atoms with van der Waals surface area (Å²) in [7, 11) is 0. The van der Waals surface area contributed by atoms with E-state index in [1.54, 1.807) is 0 Å². The molecule has 0 bridgehead atoms. The van der Waals surface area contributed by atoms with Crippen molar-refractivity contribution in [2.75, 3.05) is 19.6 Å². The van der Waals surface area contributed by atoms with Crippen LogP contribution in [0.3, 0.4) is 0 Å². The van der Waals surface area contributed by atoms with Gasteiger partial charge in [0.15, 0.2) is 11.6 Å². The van der Waals surface area contributed by atoms with Gasteiger partial charge in [0.25, 0.3) is 5.91 Å². The fourth-order valence-electron chi connectivity index (χ4n) is 3.08. The Morgan fingerprint density at radius 2 is 1.96 bits per heavy atom. The van der Waals surface area contributed by atoms with E-state index in [2.05, 4.69) is 0 Å². The molecule has 8 heteroatoms. The van der Waals surface area contributed by atoms with Crippen LogP contribution in [0.2, 0.25) is 0 Å². The van der Waals surface area contributed by atoms with E-state index in [1.807, 2.05) is 0 Å². The van der Waals surface area contributed by atoms with Crippen molar-refractivity contribution in [2.24, 2.45) is 0 Å². The Bertz CT molecular complexity index is 681. The van der Waals surface area contributed by atoms with E-state index in [0.717, 1.165) is 6.07 Å². The average molecular weight is 354 g/mol. The summed E-state index contributed by atoms with van der Waals surface area (Å²) in [4.78, 5) is 37.8.